The van der Waals surface area contributed by atoms with Crippen LogP contribution in [0.1, 0.15) is 25.7 Å². The van der Waals surface area contributed by atoms with Crippen molar-refractivity contribution in [1.29, 1.82) is 0 Å². The van der Waals surface area contributed by atoms with Gasteiger partial charge in [-0.15, -0.1) is 24.0 Å². The van der Waals surface area contributed by atoms with Crippen LogP contribution in [0.3, 0.4) is 0 Å². The largest absolute Gasteiger partial charge is 0.381 e. The Hall–Kier alpha value is -0.870. The van der Waals surface area contributed by atoms with Crippen molar-refractivity contribution in [3.05, 3.63) is 28.7 Å². The van der Waals surface area contributed by atoms with Crippen molar-refractivity contribution < 1.29 is 9.53 Å². The molecule has 152 valence electrons. The number of benzene rings is 1. The van der Waals surface area contributed by atoms with E-state index >= 15 is 0 Å². The van der Waals surface area contributed by atoms with E-state index in [9.17, 15) is 4.79 Å². The zero-order chi connectivity index (χ0) is 18.8. The molecule has 1 amide bonds. The SMILES string of the molecule is CN=C(NCCC(=O)Nc1ccc(Br)cc1)N(C)CCC1CCOCC1.I. The van der Waals surface area contributed by atoms with E-state index in [1.54, 1.807) is 7.05 Å². The van der Waals surface area contributed by atoms with Crippen molar-refractivity contribution in [1.82, 2.24) is 10.2 Å². The Balaban J connectivity index is 0.00000364. The van der Waals surface area contributed by atoms with E-state index in [1.807, 2.05) is 31.3 Å². The van der Waals surface area contributed by atoms with Crippen molar-refractivity contribution >= 4 is 57.5 Å². The summed E-state index contributed by atoms with van der Waals surface area (Å²) >= 11 is 3.38. The van der Waals surface area contributed by atoms with Crippen LogP contribution in [-0.4, -0.2) is 57.2 Å². The maximum absolute atomic E-state index is 12.0. The number of carbonyl (C=O) groups excluding carboxylic acids is 1. The van der Waals surface area contributed by atoms with Crippen LogP contribution in [0.5, 0.6) is 0 Å². The standard InChI is InChI=1S/C19H29BrN4O2.HI/c1-21-19(24(2)12-8-15-9-13-26-14-10-15)22-11-7-18(25)23-17-5-3-16(20)4-6-17;/h3-6,15H,7-14H2,1-2H3,(H,21,22)(H,23,25);1H. The number of rotatable bonds is 7. The minimum absolute atomic E-state index is 0. The quantitative estimate of drug-likeness (QED) is 0.307. The first-order valence-corrected chi connectivity index (χ1v) is 9.92. The highest BCUT2D eigenvalue weighted by atomic mass is 127. The predicted octanol–water partition coefficient (Wildman–Crippen LogP) is 3.72. The second kappa shape index (κ2) is 13.3. The summed E-state index contributed by atoms with van der Waals surface area (Å²) in [4.78, 5) is 18.5. The van der Waals surface area contributed by atoms with Crippen LogP contribution in [0, 0.1) is 5.92 Å². The molecule has 0 radical (unpaired) electrons. The molecule has 0 unspecified atom stereocenters. The number of amides is 1. The van der Waals surface area contributed by atoms with Gasteiger partial charge in [-0.3, -0.25) is 9.79 Å². The molecule has 0 aromatic heterocycles. The van der Waals surface area contributed by atoms with Crippen molar-refractivity contribution in [3.8, 4) is 0 Å². The van der Waals surface area contributed by atoms with E-state index in [4.69, 9.17) is 4.74 Å². The molecule has 0 bridgehead atoms. The van der Waals surface area contributed by atoms with Gasteiger partial charge in [-0.2, -0.15) is 0 Å². The molecule has 1 fully saturated rings. The lowest BCUT2D eigenvalue weighted by Gasteiger charge is -2.26. The Morgan fingerprint density at radius 3 is 2.59 bits per heavy atom. The fourth-order valence-electron chi connectivity index (χ4n) is 2.95. The van der Waals surface area contributed by atoms with Crippen LogP contribution in [0.2, 0.25) is 0 Å². The van der Waals surface area contributed by atoms with E-state index in [2.05, 4.69) is 36.5 Å². The van der Waals surface area contributed by atoms with Crippen LogP contribution in [-0.2, 0) is 9.53 Å². The summed E-state index contributed by atoms with van der Waals surface area (Å²) in [6.45, 7) is 3.27. The van der Waals surface area contributed by atoms with Gasteiger partial charge in [-0.25, -0.2) is 0 Å². The Kier molecular flexibility index (Phi) is 11.9. The molecule has 0 atom stereocenters. The van der Waals surface area contributed by atoms with E-state index in [0.717, 1.165) is 61.1 Å². The van der Waals surface area contributed by atoms with Gasteiger partial charge in [-0.05, 0) is 49.4 Å². The lowest BCUT2D eigenvalue weighted by atomic mass is 9.96. The number of carbonyl (C=O) groups is 1. The highest BCUT2D eigenvalue weighted by Crippen LogP contribution is 2.18. The maximum atomic E-state index is 12.0. The first kappa shape index (κ1) is 24.2. The average molecular weight is 553 g/mol. The number of halogens is 2. The summed E-state index contributed by atoms with van der Waals surface area (Å²) in [7, 11) is 3.81. The first-order valence-electron chi connectivity index (χ1n) is 9.13. The van der Waals surface area contributed by atoms with E-state index in [0.29, 0.717) is 13.0 Å². The molecule has 2 rings (SSSR count). The van der Waals surface area contributed by atoms with E-state index in [1.165, 1.54) is 0 Å². The fraction of sp³-hybridized carbons (Fsp3) is 0.579. The molecule has 1 aromatic carbocycles. The highest BCUT2D eigenvalue weighted by Gasteiger charge is 2.15. The second-order valence-electron chi connectivity index (χ2n) is 6.55. The lowest BCUT2D eigenvalue weighted by Crippen LogP contribution is -2.41. The molecule has 1 aromatic rings. The molecule has 6 nitrogen and oxygen atoms in total. The van der Waals surface area contributed by atoms with E-state index in [-0.39, 0.29) is 29.9 Å². The molecule has 0 aliphatic carbocycles. The van der Waals surface area contributed by atoms with Crippen LogP contribution in [0.15, 0.2) is 33.7 Å². The summed E-state index contributed by atoms with van der Waals surface area (Å²) in [5, 5.41) is 6.16. The summed E-state index contributed by atoms with van der Waals surface area (Å²) in [5.74, 6) is 1.55. The smallest absolute Gasteiger partial charge is 0.226 e. The van der Waals surface area contributed by atoms with Crippen molar-refractivity contribution in [2.24, 2.45) is 10.9 Å². The molecule has 1 aliphatic heterocycles. The molecule has 1 saturated heterocycles. The van der Waals surface area contributed by atoms with Gasteiger partial charge in [-0.1, -0.05) is 15.9 Å². The van der Waals surface area contributed by atoms with Crippen molar-refractivity contribution in [2.75, 3.05) is 45.7 Å². The number of ether oxygens (including phenoxy) is 1. The number of guanidine groups is 1. The average Bonchev–Trinajstić information content (AvgIpc) is 2.66. The number of nitrogens with zero attached hydrogens (tertiary/aromatic N) is 2. The minimum atomic E-state index is -0.0138. The number of hydrogen-bond donors (Lipinski definition) is 2. The van der Waals surface area contributed by atoms with Gasteiger partial charge in [0.25, 0.3) is 0 Å². The van der Waals surface area contributed by atoms with Gasteiger partial charge in [0.2, 0.25) is 5.91 Å². The van der Waals surface area contributed by atoms with Crippen LogP contribution in [0.25, 0.3) is 0 Å². The molecule has 8 heteroatoms. The summed E-state index contributed by atoms with van der Waals surface area (Å²) < 4.78 is 6.40. The number of hydrogen-bond acceptors (Lipinski definition) is 3. The van der Waals surface area contributed by atoms with Crippen LogP contribution >= 0.6 is 39.9 Å². The number of aliphatic imine (C=N–C) groups is 1. The molecule has 0 saturated carbocycles. The molecular formula is C19H30BrIN4O2. The zero-order valence-electron chi connectivity index (χ0n) is 16.0. The zero-order valence-corrected chi connectivity index (χ0v) is 20.0. The monoisotopic (exact) mass is 552 g/mol. The Morgan fingerprint density at radius 1 is 1.30 bits per heavy atom. The third-order valence-corrected chi connectivity index (χ3v) is 5.08. The van der Waals surface area contributed by atoms with Crippen molar-refractivity contribution in [3.63, 3.8) is 0 Å². The molecule has 27 heavy (non-hydrogen) atoms. The molecule has 2 N–H and O–H groups in total. The minimum Gasteiger partial charge on any atom is -0.381 e. The molecular weight excluding hydrogens is 523 g/mol. The number of anilines is 1. The Labute approximate surface area is 187 Å². The van der Waals surface area contributed by atoms with Crippen LogP contribution in [0.4, 0.5) is 5.69 Å². The van der Waals surface area contributed by atoms with Gasteiger partial charge in [0.05, 0.1) is 0 Å². The van der Waals surface area contributed by atoms with Crippen molar-refractivity contribution in [2.45, 2.75) is 25.7 Å². The Morgan fingerprint density at radius 2 is 1.96 bits per heavy atom. The van der Waals surface area contributed by atoms with Gasteiger partial charge in [0, 0.05) is 57.0 Å². The third kappa shape index (κ3) is 9.25. The predicted molar refractivity (Wildman–Crippen MR) is 125 cm³/mol. The van der Waals surface area contributed by atoms with Gasteiger partial charge in [0.15, 0.2) is 5.96 Å². The first-order chi connectivity index (χ1) is 12.6. The van der Waals surface area contributed by atoms with Gasteiger partial charge in [0.1, 0.15) is 0 Å². The summed E-state index contributed by atoms with van der Waals surface area (Å²) in [6, 6.07) is 7.56. The Bertz CT molecular complexity index is 592. The molecule has 0 spiro atoms. The lowest BCUT2D eigenvalue weighted by molar-refractivity contribution is -0.116. The second-order valence-corrected chi connectivity index (χ2v) is 7.46. The van der Waals surface area contributed by atoms with Crippen LogP contribution < -0.4 is 10.6 Å². The van der Waals surface area contributed by atoms with E-state index < -0.39 is 0 Å². The summed E-state index contributed by atoms with van der Waals surface area (Å²) in [5.41, 5.74) is 0.802. The summed E-state index contributed by atoms with van der Waals surface area (Å²) in [6.07, 6.45) is 3.83. The molecule has 1 heterocycles. The highest BCUT2D eigenvalue weighted by molar-refractivity contribution is 14.0. The third-order valence-electron chi connectivity index (χ3n) is 4.55. The normalized spacial score (nSPS) is 15.0. The van der Waals surface area contributed by atoms with Gasteiger partial charge < -0.3 is 20.3 Å². The van der Waals surface area contributed by atoms with Gasteiger partial charge >= 0.3 is 0 Å². The molecule has 1 aliphatic rings. The maximum Gasteiger partial charge on any atom is 0.226 e. The fourth-order valence-corrected chi connectivity index (χ4v) is 3.21. The topological polar surface area (TPSA) is 66.0 Å². The number of nitrogens with one attached hydrogen (secondary N) is 2.